The minimum Gasteiger partial charge on any atom is -0.480 e. The van der Waals surface area contributed by atoms with E-state index in [1.807, 2.05) is 10.8 Å². The summed E-state index contributed by atoms with van der Waals surface area (Å²) in [6.45, 7) is 1.66. The molecule has 2 heterocycles. The third-order valence-electron chi connectivity index (χ3n) is 2.81. The number of aromatic nitrogens is 2. The number of carbonyl (C=O) groups excluding carboxylic acids is 1. The van der Waals surface area contributed by atoms with Gasteiger partial charge in [-0.15, -0.1) is 0 Å². The summed E-state index contributed by atoms with van der Waals surface area (Å²) in [7, 11) is 0. The van der Waals surface area contributed by atoms with Crippen LogP contribution in [-0.4, -0.2) is 44.0 Å². The normalized spacial score (nSPS) is 16.4. The molecule has 1 aliphatic rings. The quantitative estimate of drug-likeness (QED) is 0.705. The first kappa shape index (κ1) is 11.6. The van der Waals surface area contributed by atoms with Crippen LogP contribution >= 0.6 is 0 Å². The predicted molar refractivity (Wildman–Crippen MR) is 57.9 cm³/mol. The molecule has 0 saturated heterocycles. The molecule has 0 saturated carbocycles. The van der Waals surface area contributed by atoms with Crippen LogP contribution < -0.4 is 5.73 Å². The molecule has 1 aliphatic heterocycles. The zero-order valence-electron chi connectivity index (χ0n) is 9.24. The molecular formula is C10H14N4O3. The lowest BCUT2D eigenvalue weighted by Crippen LogP contribution is -2.42. The van der Waals surface area contributed by atoms with Crippen molar-refractivity contribution in [2.24, 2.45) is 5.73 Å². The minimum absolute atomic E-state index is 0.171. The lowest BCUT2D eigenvalue weighted by Gasteiger charge is -2.28. The monoisotopic (exact) mass is 238 g/mol. The van der Waals surface area contributed by atoms with Crippen LogP contribution in [0.2, 0.25) is 0 Å². The molecule has 0 spiro atoms. The van der Waals surface area contributed by atoms with Crippen LogP contribution in [0, 0.1) is 0 Å². The molecule has 7 heteroatoms. The Morgan fingerprint density at radius 3 is 3.00 bits per heavy atom. The summed E-state index contributed by atoms with van der Waals surface area (Å²) in [5, 5.41) is 8.64. The van der Waals surface area contributed by atoms with Crippen LogP contribution in [-0.2, 0) is 22.7 Å². The van der Waals surface area contributed by atoms with E-state index in [1.54, 1.807) is 11.1 Å². The third-order valence-corrected chi connectivity index (χ3v) is 2.81. The average Bonchev–Trinajstić information content (AvgIpc) is 2.75. The average molecular weight is 238 g/mol. The number of amides is 1. The van der Waals surface area contributed by atoms with Gasteiger partial charge in [0.25, 0.3) is 0 Å². The predicted octanol–water partition coefficient (Wildman–Crippen LogP) is -0.973. The standard InChI is InChI=1S/C10H14N4O3/c11-7(10(16)17)5-9(15)14-4-3-13-2-1-12-8(13)6-14/h1-2,7H,3-6,11H2,(H,16,17). The third kappa shape index (κ3) is 2.44. The first-order valence-electron chi connectivity index (χ1n) is 5.34. The molecule has 0 aliphatic carbocycles. The van der Waals surface area contributed by atoms with Gasteiger partial charge in [0.05, 0.1) is 13.0 Å². The van der Waals surface area contributed by atoms with Crippen molar-refractivity contribution in [1.82, 2.24) is 14.5 Å². The molecule has 0 fully saturated rings. The van der Waals surface area contributed by atoms with Crippen LogP contribution in [0.3, 0.4) is 0 Å². The maximum atomic E-state index is 11.8. The highest BCUT2D eigenvalue weighted by Gasteiger charge is 2.24. The van der Waals surface area contributed by atoms with E-state index in [1.165, 1.54) is 0 Å². The molecule has 1 unspecified atom stereocenters. The summed E-state index contributed by atoms with van der Waals surface area (Å²) in [6, 6.07) is -1.14. The zero-order chi connectivity index (χ0) is 12.4. The highest BCUT2D eigenvalue weighted by atomic mass is 16.4. The molecule has 92 valence electrons. The topological polar surface area (TPSA) is 101 Å². The fourth-order valence-corrected chi connectivity index (χ4v) is 1.79. The van der Waals surface area contributed by atoms with Gasteiger partial charge in [-0.1, -0.05) is 0 Å². The van der Waals surface area contributed by atoms with Gasteiger partial charge in [0.1, 0.15) is 11.9 Å². The number of nitrogens with zero attached hydrogens (tertiary/aromatic N) is 3. The number of fused-ring (bicyclic) bond motifs is 1. The smallest absolute Gasteiger partial charge is 0.321 e. The molecule has 7 nitrogen and oxygen atoms in total. The first-order valence-corrected chi connectivity index (χ1v) is 5.34. The Morgan fingerprint density at radius 2 is 2.29 bits per heavy atom. The molecule has 1 atom stereocenters. The van der Waals surface area contributed by atoms with E-state index in [0.717, 1.165) is 5.82 Å². The molecule has 1 aromatic rings. The largest absolute Gasteiger partial charge is 0.480 e. The van der Waals surface area contributed by atoms with Crippen molar-refractivity contribution < 1.29 is 14.7 Å². The number of aliphatic carboxylic acids is 1. The Labute approximate surface area is 97.8 Å². The number of carbonyl (C=O) groups is 2. The van der Waals surface area contributed by atoms with Gasteiger partial charge in [0.2, 0.25) is 5.91 Å². The van der Waals surface area contributed by atoms with Crippen LogP contribution in [0.25, 0.3) is 0 Å². The molecule has 0 aromatic carbocycles. The summed E-state index contributed by atoms with van der Waals surface area (Å²) in [6.07, 6.45) is 3.38. The second-order valence-electron chi connectivity index (χ2n) is 4.00. The summed E-state index contributed by atoms with van der Waals surface area (Å²) in [5.74, 6) is -0.584. The molecule has 0 radical (unpaired) electrons. The number of hydrogen-bond acceptors (Lipinski definition) is 4. The van der Waals surface area contributed by atoms with Crippen molar-refractivity contribution in [1.29, 1.82) is 0 Å². The fourth-order valence-electron chi connectivity index (χ4n) is 1.79. The van der Waals surface area contributed by atoms with Gasteiger partial charge in [-0.05, 0) is 0 Å². The number of nitrogens with two attached hydrogens (primary N) is 1. The van der Waals surface area contributed by atoms with E-state index in [0.29, 0.717) is 19.6 Å². The van der Waals surface area contributed by atoms with Crippen LogP contribution in [0.1, 0.15) is 12.2 Å². The summed E-state index contributed by atoms with van der Waals surface area (Å²) >= 11 is 0. The first-order chi connectivity index (χ1) is 8.08. The van der Waals surface area contributed by atoms with Crippen LogP contribution in [0.4, 0.5) is 0 Å². The molecule has 3 N–H and O–H groups in total. The van der Waals surface area contributed by atoms with E-state index in [2.05, 4.69) is 4.98 Å². The van der Waals surface area contributed by atoms with Crippen LogP contribution in [0.15, 0.2) is 12.4 Å². The van der Waals surface area contributed by atoms with Crippen LogP contribution in [0.5, 0.6) is 0 Å². The molecular weight excluding hydrogens is 224 g/mol. The molecule has 2 rings (SSSR count). The van der Waals surface area contributed by atoms with Gasteiger partial charge < -0.3 is 20.3 Å². The van der Waals surface area contributed by atoms with Gasteiger partial charge in [0.15, 0.2) is 0 Å². The van der Waals surface area contributed by atoms with E-state index < -0.39 is 12.0 Å². The maximum Gasteiger partial charge on any atom is 0.321 e. The van der Waals surface area contributed by atoms with Crippen molar-refractivity contribution in [3.05, 3.63) is 18.2 Å². The van der Waals surface area contributed by atoms with Gasteiger partial charge in [-0.2, -0.15) is 0 Å². The van der Waals surface area contributed by atoms with E-state index in [-0.39, 0.29) is 12.3 Å². The Balaban J connectivity index is 1.96. The molecule has 1 amide bonds. The Morgan fingerprint density at radius 1 is 1.53 bits per heavy atom. The highest BCUT2D eigenvalue weighted by Crippen LogP contribution is 2.11. The highest BCUT2D eigenvalue weighted by molar-refractivity contribution is 5.84. The Bertz CT molecular complexity index is 443. The number of imidazole rings is 1. The second kappa shape index (κ2) is 4.54. The van der Waals surface area contributed by atoms with E-state index >= 15 is 0 Å². The Hall–Kier alpha value is -1.89. The number of rotatable bonds is 3. The summed E-state index contributed by atoms with van der Waals surface area (Å²) in [5.41, 5.74) is 5.33. The lowest BCUT2D eigenvalue weighted by atomic mass is 10.2. The van der Waals surface area contributed by atoms with Crippen molar-refractivity contribution in [3.63, 3.8) is 0 Å². The van der Waals surface area contributed by atoms with Crippen molar-refractivity contribution in [2.75, 3.05) is 6.54 Å². The van der Waals surface area contributed by atoms with Gasteiger partial charge >= 0.3 is 5.97 Å². The van der Waals surface area contributed by atoms with Crippen molar-refractivity contribution in [3.8, 4) is 0 Å². The van der Waals surface area contributed by atoms with Gasteiger partial charge in [-0.25, -0.2) is 4.98 Å². The van der Waals surface area contributed by atoms with Crippen molar-refractivity contribution >= 4 is 11.9 Å². The molecule has 17 heavy (non-hydrogen) atoms. The maximum absolute atomic E-state index is 11.8. The van der Waals surface area contributed by atoms with Gasteiger partial charge in [-0.3, -0.25) is 9.59 Å². The summed E-state index contributed by atoms with van der Waals surface area (Å²) < 4.78 is 1.97. The molecule has 0 bridgehead atoms. The zero-order valence-corrected chi connectivity index (χ0v) is 9.24. The molecule has 1 aromatic heterocycles. The lowest BCUT2D eigenvalue weighted by molar-refractivity contribution is -0.143. The second-order valence-corrected chi connectivity index (χ2v) is 4.00. The van der Waals surface area contributed by atoms with Crippen molar-refractivity contribution in [2.45, 2.75) is 25.6 Å². The van der Waals surface area contributed by atoms with E-state index in [9.17, 15) is 9.59 Å². The van der Waals surface area contributed by atoms with Gasteiger partial charge in [0, 0.05) is 25.5 Å². The number of hydrogen-bond donors (Lipinski definition) is 2. The summed E-state index contributed by atoms with van der Waals surface area (Å²) in [4.78, 5) is 28.1. The minimum atomic E-state index is -1.16. The number of carboxylic acids is 1. The fraction of sp³-hybridized carbons (Fsp3) is 0.500. The Kier molecular flexibility index (Phi) is 3.10. The SMILES string of the molecule is NC(CC(=O)N1CCn2ccnc2C1)C(=O)O. The van der Waals surface area contributed by atoms with E-state index in [4.69, 9.17) is 10.8 Å². The number of carboxylic acid groups (broad SMARTS) is 1.